The Morgan fingerprint density at radius 3 is 2.06 bits per heavy atom. The first-order valence-corrected chi connectivity index (χ1v) is 12.5. The van der Waals surface area contributed by atoms with Gasteiger partial charge in [0.15, 0.2) is 0 Å². The Morgan fingerprint density at radius 1 is 0.971 bits per heavy atom. The molecule has 0 radical (unpaired) electrons. The molecule has 1 aliphatic carbocycles. The predicted molar refractivity (Wildman–Crippen MR) is 142 cm³/mol. The molecule has 1 fully saturated rings. The zero-order valence-corrected chi connectivity index (χ0v) is 20.7. The van der Waals surface area contributed by atoms with Crippen LogP contribution in [0.3, 0.4) is 0 Å². The molecular weight excluding hydrogens is 424 g/mol. The average molecular weight is 475 g/mol. The molecule has 2 rings (SSSR count). The van der Waals surface area contributed by atoms with Gasteiger partial charge in [-0.25, -0.2) is 0 Å². The fourth-order valence-electron chi connectivity index (χ4n) is 4.01. The number of hydrogen-bond acceptors (Lipinski definition) is 4. The normalized spacial score (nSPS) is 27.4. The maximum absolute atomic E-state index is 10.1. The van der Waals surface area contributed by atoms with Gasteiger partial charge in [-0.15, -0.1) is 0 Å². The molecule has 8 atom stereocenters. The highest BCUT2D eigenvalue weighted by Crippen LogP contribution is 2.28. The van der Waals surface area contributed by atoms with Gasteiger partial charge in [-0.3, -0.25) is 0 Å². The summed E-state index contributed by atoms with van der Waals surface area (Å²) in [6, 6.07) is 5.88. The molecular formula is C30H46O4. The molecule has 0 saturated heterocycles. The van der Waals surface area contributed by atoms with Gasteiger partial charge in [0.1, 0.15) is 0 Å². The van der Waals surface area contributed by atoms with E-state index in [0.717, 1.165) is 22.3 Å². The lowest BCUT2D eigenvalue weighted by Crippen LogP contribution is -2.26. The van der Waals surface area contributed by atoms with Crippen LogP contribution in [0.1, 0.15) is 100 Å². The third-order valence-electron chi connectivity index (χ3n) is 5.97. The highest BCUT2D eigenvalue weighted by atomic mass is 16.3. The molecule has 0 heterocycles. The van der Waals surface area contributed by atoms with E-state index in [1.807, 2.05) is 36.4 Å². The molecule has 1 aliphatic rings. The molecule has 6 unspecified atom stereocenters. The summed E-state index contributed by atoms with van der Waals surface area (Å²) in [5.41, 5.74) is 4.05. The molecule has 1 aromatic carbocycles. The van der Waals surface area contributed by atoms with Crippen LogP contribution in [0.2, 0.25) is 0 Å². The Hall–Kier alpha value is -1.72. The van der Waals surface area contributed by atoms with Crippen LogP contribution < -0.4 is 0 Å². The monoisotopic (exact) mass is 474 g/mol. The van der Waals surface area contributed by atoms with Crippen molar-refractivity contribution in [3.63, 3.8) is 0 Å². The largest absolute Gasteiger partial charge is 0.393 e. The number of hydrogen-bond donors (Lipinski definition) is 4. The van der Waals surface area contributed by atoms with Gasteiger partial charge < -0.3 is 20.4 Å². The lowest BCUT2D eigenvalue weighted by atomic mass is 9.86. The van der Waals surface area contributed by atoms with Crippen molar-refractivity contribution in [2.75, 3.05) is 0 Å². The predicted octanol–water partition coefficient (Wildman–Crippen LogP) is 5.67. The van der Waals surface area contributed by atoms with Gasteiger partial charge in [0.25, 0.3) is 0 Å². The van der Waals surface area contributed by atoms with E-state index in [1.54, 1.807) is 13.8 Å². The minimum Gasteiger partial charge on any atom is -0.393 e. The Morgan fingerprint density at radius 2 is 1.53 bits per heavy atom. The van der Waals surface area contributed by atoms with Crippen LogP contribution in [0.25, 0.3) is 6.08 Å². The summed E-state index contributed by atoms with van der Waals surface area (Å²) >= 11 is 0. The number of aliphatic hydroxyl groups excluding tert-OH is 4. The average Bonchev–Trinajstić information content (AvgIpc) is 2.83. The van der Waals surface area contributed by atoms with Gasteiger partial charge in [0.2, 0.25) is 0 Å². The molecule has 0 spiro atoms. The van der Waals surface area contributed by atoms with E-state index in [-0.39, 0.29) is 6.42 Å². The van der Waals surface area contributed by atoms with Crippen molar-refractivity contribution in [1.82, 2.24) is 0 Å². The maximum Gasteiger partial charge on any atom is 0.0811 e. The van der Waals surface area contributed by atoms with Crippen molar-refractivity contribution in [3.8, 4) is 0 Å². The van der Waals surface area contributed by atoms with Crippen LogP contribution in [-0.4, -0.2) is 44.8 Å². The summed E-state index contributed by atoms with van der Waals surface area (Å²) in [6.07, 6.45) is 4.02. The lowest BCUT2D eigenvalue weighted by Gasteiger charge is -2.26. The van der Waals surface area contributed by atoms with Crippen LogP contribution in [0.5, 0.6) is 0 Å². The molecule has 0 bridgehead atoms. The minimum absolute atomic E-state index is 0.288. The molecule has 4 N–H and O–H groups in total. The molecule has 1 saturated carbocycles. The highest BCUT2D eigenvalue weighted by Gasteiger charge is 2.24. The second-order valence-electron chi connectivity index (χ2n) is 9.47. The first kappa shape index (κ1) is 22.7. The van der Waals surface area contributed by atoms with Crippen molar-refractivity contribution >= 4 is 6.08 Å². The summed E-state index contributed by atoms with van der Waals surface area (Å²) in [6.45, 7) is 7.31. The standard InChI is InChI=1S/C30H46O4/c1-22(31)11-6-4-8-13-25-17-26(14-9-5-7-12-23(2)32)19-27(18-25)15-10-16-28-20-29(33)21-30(34)24(28)3/h10,15-19,22-23,29-34H,3-9,11-14,20-21H2,1-2H3/b15-10+,28-16?/t22?,23?,29-,30+/m1/s1/i4D,5D,8D,9D/t4?,5?,8?,9?,22?,23?,29-,30+. The van der Waals surface area contributed by atoms with Crippen molar-refractivity contribution in [2.45, 2.75) is 115 Å². The number of benzene rings is 1. The lowest BCUT2D eigenvalue weighted by molar-refractivity contribution is 0.0862. The number of aryl methyl sites for hydroxylation is 2. The van der Waals surface area contributed by atoms with Gasteiger partial charge in [-0.05, 0) is 86.6 Å². The molecule has 34 heavy (non-hydrogen) atoms. The van der Waals surface area contributed by atoms with Gasteiger partial charge in [0.05, 0.1) is 24.4 Å². The molecule has 4 heteroatoms. The van der Waals surface area contributed by atoms with E-state index >= 15 is 0 Å². The zero-order chi connectivity index (χ0) is 28.4. The van der Waals surface area contributed by atoms with Crippen LogP contribution in [0.15, 0.2) is 48.1 Å². The minimum atomic E-state index is -0.755. The first-order valence-electron chi connectivity index (χ1n) is 14.8. The topological polar surface area (TPSA) is 80.9 Å². The Kier molecular flexibility index (Phi) is 10.2. The fourth-order valence-corrected chi connectivity index (χ4v) is 4.01. The molecule has 4 nitrogen and oxygen atoms in total. The quantitative estimate of drug-likeness (QED) is 0.280. The van der Waals surface area contributed by atoms with Crippen molar-refractivity contribution in [3.05, 3.63) is 64.8 Å². The van der Waals surface area contributed by atoms with E-state index in [9.17, 15) is 20.4 Å². The number of aliphatic hydroxyl groups is 4. The third-order valence-corrected chi connectivity index (χ3v) is 5.97. The van der Waals surface area contributed by atoms with Crippen molar-refractivity contribution in [1.29, 1.82) is 0 Å². The molecule has 190 valence electrons. The molecule has 1 aromatic rings. The van der Waals surface area contributed by atoms with Crippen LogP contribution in [0.4, 0.5) is 0 Å². The second kappa shape index (κ2) is 15.3. The third kappa shape index (κ3) is 11.1. The fraction of sp³-hybridized carbons (Fsp3) is 0.600. The Balaban J connectivity index is 2.24. The second-order valence-corrected chi connectivity index (χ2v) is 9.47. The smallest absolute Gasteiger partial charge is 0.0811 e. The van der Waals surface area contributed by atoms with Crippen molar-refractivity contribution < 1.29 is 25.9 Å². The molecule has 0 aromatic heterocycles. The van der Waals surface area contributed by atoms with Gasteiger partial charge >= 0.3 is 0 Å². The number of rotatable bonds is 14. The van der Waals surface area contributed by atoms with Gasteiger partial charge in [-0.2, -0.15) is 0 Å². The van der Waals surface area contributed by atoms with E-state index in [1.165, 1.54) is 0 Å². The van der Waals surface area contributed by atoms with E-state index < -0.39 is 50.0 Å². The van der Waals surface area contributed by atoms with E-state index in [4.69, 9.17) is 5.48 Å². The number of allylic oxidation sites excluding steroid dienone is 2. The van der Waals surface area contributed by atoms with Gasteiger partial charge in [-0.1, -0.05) is 68.6 Å². The SMILES string of the molecule is [2H]C(CCC(C)O)C([2H])Cc1cc(/C=C/C=C2C[C@@H](O)C[C@H](O)C2=C)cc(CC([2H])C([2H])CCC(C)O)c1. The maximum atomic E-state index is 10.1. The van der Waals surface area contributed by atoms with Crippen LogP contribution in [-0.2, 0) is 12.8 Å². The van der Waals surface area contributed by atoms with Gasteiger partial charge in [0, 0.05) is 11.9 Å². The van der Waals surface area contributed by atoms with Crippen LogP contribution in [0, 0.1) is 0 Å². The van der Waals surface area contributed by atoms with Crippen LogP contribution >= 0.6 is 0 Å². The summed E-state index contributed by atoms with van der Waals surface area (Å²) in [5, 5.41) is 39.1. The zero-order valence-electron chi connectivity index (χ0n) is 24.7. The van der Waals surface area contributed by atoms with E-state index in [0.29, 0.717) is 50.5 Å². The highest BCUT2D eigenvalue weighted by molar-refractivity contribution is 5.55. The Labute approximate surface area is 212 Å². The van der Waals surface area contributed by atoms with E-state index in [2.05, 4.69) is 6.58 Å². The summed E-state index contributed by atoms with van der Waals surface area (Å²) in [4.78, 5) is 0. The van der Waals surface area contributed by atoms with Crippen molar-refractivity contribution in [2.24, 2.45) is 0 Å². The molecule has 0 aliphatic heterocycles. The summed E-state index contributed by atoms with van der Waals surface area (Å²) < 4.78 is 33.6. The summed E-state index contributed by atoms with van der Waals surface area (Å²) in [5.74, 6) is 0. The molecule has 0 amide bonds. The summed E-state index contributed by atoms with van der Waals surface area (Å²) in [7, 11) is 0. The first-order chi connectivity index (χ1) is 17.8. The Bertz CT molecular complexity index is 902.